The number of benzene rings is 3. The van der Waals surface area contributed by atoms with Crippen molar-refractivity contribution < 1.29 is 20.0 Å². The Hall–Kier alpha value is -3.72. The first-order valence-electron chi connectivity index (χ1n) is 16.0. The summed E-state index contributed by atoms with van der Waals surface area (Å²) in [7, 11) is 1.74. The molecular formula is C33H33N2O+. The maximum atomic E-state index is 9.03. The van der Waals surface area contributed by atoms with Gasteiger partial charge in [0.1, 0.15) is 18.1 Å². The van der Waals surface area contributed by atoms with Crippen LogP contribution in [-0.4, -0.2) is 4.98 Å². The smallest absolute Gasteiger partial charge is 0.216 e. The van der Waals surface area contributed by atoms with E-state index in [1.165, 1.54) is 6.20 Å². The molecule has 0 amide bonds. The van der Waals surface area contributed by atoms with Gasteiger partial charge >= 0.3 is 0 Å². The number of aromatic nitrogens is 2. The molecule has 0 aliphatic heterocycles. The molecule has 0 aliphatic carbocycles. The van der Waals surface area contributed by atoms with Crippen LogP contribution in [0.1, 0.15) is 54.1 Å². The Kier molecular flexibility index (Phi) is 3.38. The zero-order valence-electron chi connectivity index (χ0n) is 29.1. The Morgan fingerprint density at radius 2 is 1.61 bits per heavy atom. The summed E-state index contributed by atoms with van der Waals surface area (Å²) in [6.45, 7) is 2.22. The second kappa shape index (κ2) is 7.89. The van der Waals surface area contributed by atoms with Gasteiger partial charge in [0.05, 0.1) is 5.56 Å². The summed E-state index contributed by atoms with van der Waals surface area (Å²) in [5.41, 5.74) is 2.72. The number of pyridine rings is 2. The highest BCUT2D eigenvalue weighted by Gasteiger charge is 2.24. The molecule has 3 heterocycles. The van der Waals surface area contributed by atoms with Crippen LogP contribution in [0.5, 0.6) is 0 Å². The topological polar surface area (TPSA) is 29.9 Å². The van der Waals surface area contributed by atoms with E-state index >= 15 is 0 Å². The molecule has 0 N–H and O–H groups in total. The van der Waals surface area contributed by atoms with Crippen molar-refractivity contribution in [1.29, 1.82) is 0 Å². The first-order valence-corrected chi connectivity index (χ1v) is 12.0. The number of aryl methyl sites for hydroxylation is 4. The van der Waals surface area contributed by atoms with Gasteiger partial charge in [0.15, 0.2) is 11.8 Å². The molecule has 3 nitrogen and oxygen atoms in total. The summed E-state index contributed by atoms with van der Waals surface area (Å²) in [5.74, 6) is 0. The highest BCUT2D eigenvalue weighted by Crippen LogP contribution is 2.41. The van der Waals surface area contributed by atoms with Crippen LogP contribution >= 0.6 is 0 Å². The lowest BCUT2D eigenvalue weighted by molar-refractivity contribution is -0.660. The van der Waals surface area contributed by atoms with E-state index in [0.717, 1.165) is 27.1 Å². The quantitative estimate of drug-likeness (QED) is 0.184. The molecule has 0 aliphatic rings. The average molecular weight is 482 g/mol. The van der Waals surface area contributed by atoms with E-state index in [0.29, 0.717) is 33.3 Å². The third-order valence-electron chi connectivity index (χ3n) is 6.73. The Morgan fingerprint density at radius 3 is 2.36 bits per heavy atom. The van der Waals surface area contributed by atoms with Crippen LogP contribution in [-0.2, 0) is 13.4 Å². The van der Waals surface area contributed by atoms with Crippen molar-refractivity contribution in [2.45, 2.75) is 47.8 Å². The van der Waals surface area contributed by atoms with Gasteiger partial charge in [-0.3, -0.25) is 0 Å². The summed E-state index contributed by atoms with van der Waals surface area (Å²) in [4.78, 5) is 4.68. The minimum Gasteiger partial charge on any atom is -0.453 e. The van der Waals surface area contributed by atoms with Gasteiger partial charge in [-0.2, -0.15) is 0 Å². The van der Waals surface area contributed by atoms with Gasteiger partial charge in [-0.15, -0.1) is 0 Å². The van der Waals surface area contributed by atoms with E-state index in [1.807, 2.05) is 43.3 Å². The lowest BCUT2D eigenvalue weighted by atomic mass is 9.86. The maximum absolute atomic E-state index is 9.03. The number of hydrogen-bond donors (Lipinski definition) is 0. The molecule has 0 atom stereocenters. The number of fused-ring (bicyclic) bond motifs is 7. The average Bonchev–Trinajstić information content (AvgIpc) is 3.30. The van der Waals surface area contributed by atoms with Gasteiger partial charge in [-0.1, -0.05) is 63.2 Å². The molecule has 6 rings (SSSR count). The van der Waals surface area contributed by atoms with E-state index in [-0.39, 0.29) is 16.8 Å². The summed E-state index contributed by atoms with van der Waals surface area (Å²) < 4.78 is 75.6. The second-order valence-corrected chi connectivity index (χ2v) is 10.6. The minimum atomic E-state index is -2.53. The Morgan fingerprint density at radius 1 is 0.889 bits per heavy atom. The van der Waals surface area contributed by atoms with Gasteiger partial charge in [-0.05, 0) is 55.0 Å². The van der Waals surface area contributed by atoms with Crippen LogP contribution in [0, 0.1) is 26.0 Å². The molecule has 0 saturated heterocycles. The first kappa shape index (κ1) is 15.4. The molecule has 0 unspecified atom stereocenters. The second-order valence-electron chi connectivity index (χ2n) is 10.6. The van der Waals surface area contributed by atoms with Crippen LogP contribution in [0.3, 0.4) is 0 Å². The van der Waals surface area contributed by atoms with Crippen molar-refractivity contribution in [3.8, 4) is 11.3 Å². The highest BCUT2D eigenvalue weighted by atomic mass is 16.3. The van der Waals surface area contributed by atoms with Crippen LogP contribution in [0.4, 0.5) is 0 Å². The molecule has 0 radical (unpaired) electrons. The van der Waals surface area contributed by atoms with Gasteiger partial charge in [0.2, 0.25) is 5.69 Å². The molecule has 0 spiro atoms. The predicted octanol–water partition coefficient (Wildman–Crippen LogP) is 8.29. The fourth-order valence-corrected chi connectivity index (χ4v) is 5.14. The number of hydrogen-bond acceptors (Lipinski definition) is 2. The van der Waals surface area contributed by atoms with Crippen LogP contribution in [0.25, 0.3) is 54.9 Å². The van der Waals surface area contributed by atoms with E-state index < -0.39 is 25.5 Å². The van der Waals surface area contributed by atoms with Crippen molar-refractivity contribution in [3.63, 3.8) is 0 Å². The number of rotatable bonds is 2. The molecule has 36 heavy (non-hydrogen) atoms. The molecule has 3 heteroatoms. The molecule has 180 valence electrons. The monoisotopic (exact) mass is 481 g/mol. The highest BCUT2D eigenvalue weighted by molar-refractivity contribution is 6.20. The maximum Gasteiger partial charge on any atom is 0.216 e. The van der Waals surface area contributed by atoms with Gasteiger partial charge in [0, 0.05) is 49.8 Å². The van der Waals surface area contributed by atoms with Crippen molar-refractivity contribution in [3.05, 3.63) is 83.2 Å². The minimum absolute atomic E-state index is 0.00525. The van der Waals surface area contributed by atoms with E-state index in [9.17, 15) is 0 Å². The fraction of sp³-hybridized carbons (Fsp3) is 0.273. The molecule has 0 bridgehead atoms. The predicted molar refractivity (Wildman–Crippen MR) is 151 cm³/mol. The van der Waals surface area contributed by atoms with Gasteiger partial charge < -0.3 is 4.42 Å². The van der Waals surface area contributed by atoms with Crippen LogP contribution in [0.2, 0.25) is 0 Å². The third kappa shape index (κ3) is 3.49. The summed E-state index contributed by atoms with van der Waals surface area (Å²) >= 11 is 0. The molecule has 3 aromatic heterocycles. The fourth-order valence-electron chi connectivity index (χ4n) is 5.14. The molecule has 6 aromatic rings. The molecular weight excluding hydrogens is 440 g/mol. The summed E-state index contributed by atoms with van der Waals surface area (Å²) in [5, 5.41) is 3.65. The molecule has 0 fully saturated rings. The van der Waals surface area contributed by atoms with Crippen LogP contribution in [0.15, 0.2) is 65.2 Å². The van der Waals surface area contributed by atoms with Crippen molar-refractivity contribution >= 4 is 43.6 Å². The van der Waals surface area contributed by atoms with E-state index in [4.69, 9.17) is 15.4 Å². The Bertz CT molecular complexity index is 2130. The van der Waals surface area contributed by atoms with E-state index in [1.54, 1.807) is 50.6 Å². The molecule has 0 saturated carbocycles. The number of nitrogens with zero attached hydrogens (tertiary/aromatic N) is 2. The zero-order valence-corrected chi connectivity index (χ0v) is 21.1. The van der Waals surface area contributed by atoms with Gasteiger partial charge in [-0.25, -0.2) is 9.55 Å². The van der Waals surface area contributed by atoms with Crippen LogP contribution < -0.4 is 4.57 Å². The normalized spacial score (nSPS) is 16.8. The first-order chi connectivity index (χ1) is 20.3. The SMILES string of the molecule is [2H]C([2H])([2H])c1c[n+](C)c(-c2c(C)ccc3c2oc2c3ccc3c4ccccc4c(C([2H])([2H])[2H])nc32)cc1C([2H])([2H])C(C)(C)C. The lowest BCUT2D eigenvalue weighted by Gasteiger charge is -2.19. The van der Waals surface area contributed by atoms with Crippen molar-refractivity contribution in [2.24, 2.45) is 12.5 Å². The van der Waals surface area contributed by atoms with Gasteiger partial charge in [0.25, 0.3) is 0 Å². The lowest BCUT2D eigenvalue weighted by Crippen LogP contribution is -2.32. The summed E-state index contributed by atoms with van der Waals surface area (Å²) in [6, 6.07) is 16.7. The summed E-state index contributed by atoms with van der Waals surface area (Å²) in [6.07, 6.45) is -0.476. The Labute approximate surface area is 223 Å². The zero-order chi connectivity index (χ0) is 32.1. The standard InChI is InChI=1S/C33H33N2O/c1-19-12-13-26-27-15-14-25-24-11-9-8-10-23(24)21(3)34-30(25)32(27)36-31(26)29(19)28-16-22(17-33(4,5)6)20(2)18-35(28)7/h8-16,18H,17H2,1-7H3/q+1/i2D3,3D3,17D2. The van der Waals surface area contributed by atoms with Crippen molar-refractivity contribution in [1.82, 2.24) is 4.98 Å². The number of furan rings is 1. The Balaban J connectivity index is 1.73. The molecule has 3 aromatic carbocycles. The third-order valence-corrected chi connectivity index (χ3v) is 6.73. The largest absolute Gasteiger partial charge is 0.453 e. The van der Waals surface area contributed by atoms with E-state index in [2.05, 4.69) is 4.98 Å². The van der Waals surface area contributed by atoms with Crippen molar-refractivity contribution in [2.75, 3.05) is 0 Å².